The van der Waals surface area contributed by atoms with Crippen molar-refractivity contribution in [2.24, 2.45) is 0 Å². The van der Waals surface area contributed by atoms with Gasteiger partial charge in [0.05, 0.1) is 5.60 Å². The van der Waals surface area contributed by atoms with Crippen molar-refractivity contribution in [3.63, 3.8) is 0 Å². The van der Waals surface area contributed by atoms with Crippen LogP contribution in [0.1, 0.15) is 43.4 Å². The van der Waals surface area contributed by atoms with Crippen molar-refractivity contribution in [1.82, 2.24) is 9.80 Å². The summed E-state index contributed by atoms with van der Waals surface area (Å²) in [5.41, 5.74) is -0.0218. The van der Waals surface area contributed by atoms with Crippen LogP contribution in [0.4, 0.5) is 13.2 Å². The second kappa shape index (κ2) is 9.65. The van der Waals surface area contributed by atoms with E-state index in [1.54, 1.807) is 0 Å². The van der Waals surface area contributed by atoms with Crippen molar-refractivity contribution in [2.75, 3.05) is 26.2 Å². The van der Waals surface area contributed by atoms with E-state index in [4.69, 9.17) is 14.6 Å². The maximum atomic E-state index is 12.5. The molecule has 30 heavy (non-hydrogen) atoms. The highest BCUT2D eigenvalue weighted by atomic mass is 32.1. The lowest BCUT2D eigenvalue weighted by Gasteiger charge is -2.39. The lowest BCUT2D eigenvalue weighted by atomic mass is 9.88. The first-order valence-electron chi connectivity index (χ1n) is 10.2. The normalized spacial score (nSPS) is 24.0. The molecule has 1 unspecified atom stereocenters. The summed E-state index contributed by atoms with van der Waals surface area (Å²) in [5.74, 6) is -2.51. The number of carbonyl (C=O) groups excluding carboxylic acids is 1. The Balaban J connectivity index is 0.000000318. The average Bonchev–Trinajstić information content (AvgIpc) is 3.45. The molecular formula is C20H27F3N2O4S. The monoisotopic (exact) mass is 448 g/mol. The van der Waals surface area contributed by atoms with Gasteiger partial charge in [0.1, 0.15) is 6.10 Å². The van der Waals surface area contributed by atoms with Crippen LogP contribution in [0.2, 0.25) is 0 Å². The third-order valence-electron chi connectivity index (χ3n) is 5.92. The lowest BCUT2D eigenvalue weighted by Crippen LogP contribution is -2.45. The number of carbonyl (C=O) groups is 2. The van der Waals surface area contributed by atoms with E-state index in [0.717, 1.165) is 71.2 Å². The van der Waals surface area contributed by atoms with Crippen LogP contribution in [0.5, 0.6) is 0 Å². The van der Waals surface area contributed by atoms with Crippen molar-refractivity contribution < 1.29 is 32.6 Å². The van der Waals surface area contributed by atoms with Crippen molar-refractivity contribution >= 4 is 23.2 Å². The molecule has 168 valence electrons. The number of thiophene rings is 1. The van der Waals surface area contributed by atoms with Gasteiger partial charge in [0.25, 0.3) is 5.91 Å². The van der Waals surface area contributed by atoms with Crippen LogP contribution >= 0.6 is 11.3 Å². The van der Waals surface area contributed by atoms with Crippen molar-refractivity contribution in [1.29, 1.82) is 0 Å². The van der Waals surface area contributed by atoms with Gasteiger partial charge in [-0.2, -0.15) is 13.2 Å². The van der Waals surface area contributed by atoms with Gasteiger partial charge < -0.3 is 14.7 Å². The summed E-state index contributed by atoms with van der Waals surface area (Å²) in [6.45, 7) is 5.09. The predicted octanol–water partition coefficient (Wildman–Crippen LogP) is 3.52. The molecule has 1 aromatic rings. The molecule has 3 fully saturated rings. The van der Waals surface area contributed by atoms with Gasteiger partial charge in [-0.3, -0.25) is 9.69 Å². The third kappa shape index (κ3) is 5.95. The smallest absolute Gasteiger partial charge is 0.475 e. The third-order valence-corrected chi connectivity index (χ3v) is 6.78. The van der Waals surface area contributed by atoms with Gasteiger partial charge in [0.15, 0.2) is 0 Å². The minimum absolute atomic E-state index is 0.0218. The van der Waals surface area contributed by atoms with Crippen LogP contribution in [0.15, 0.2) is 17.5 Å². The summed E-state index contributed by atoms with van der Waals surface area (Å²) in [7, 11) is 0. The summed E-state index contributed by atoms with van der Waals surface area (Å²) in [4.78, 5) is 27.4. The maximum absolute atomic E-state index is 12.5. The molecule has 1 spiro atoms. The number of hydrogen-bond donors (Lipinski definition) is 1. The Kier molecular flexibility index (Phi) is 7.41. The number of likely N-dealkylation sites (tertiary alicyclic amines) is 2. The number of nitrogens with zero attached hydrogens (tertiary/aromatic N) is 2. The molecule has 0 aromatic carbocycles. The van der Waals surface area contributed by atoms with Gasteiger partial charge in [0, 0.05) is 37.6 Å². The highest BCUT2D eigenvalue weighted by Gasteiger charge is 2.45. The number of piperidine rings is 1. The molecule has 0 radical (unpaired) electrons. The molecule has 1 amide bonds. The van der Waals surface area contributed by atoms with Crippen molar-refractivity contribution in [3.05, 3.63) is 22.4 Å². The van der Waals surface area contributed by atoms with Gasteiger partial charge in [0.2, 0.25) is 0 Å². The van der Waals surface area contributed by atoms with E-state index in [0.29, 0.717) is 0 Å². The summed E-state index contributed by atoms with van der Waals surface area (Å²) in [6.07, 6.45) is 1.17. The van der Waals surface area contributed by atoms with Gasteiger partial charge >= 0.3 is 12.1 Å². The van der Waals surface area contributed by atoms with Crippen LogP contribution in [0, 0.1) is 0 Å². The first kappa shape index (κ1) is 23.0. The molecule has 3 aliphatic rings. The fraction of sp³-hybridized carbons (Fsp3) is 0.700. The second-order valence-electron chi connectivity index (χ2n) is 8.02. The first-order chi connectivity index (χ1) is 14.2. The standard InChI is InChI=1S/C18H26N2O2S.C2HF3O2/c21-17(20-9-1-2-10-20)16-5-6-18(22-16)7-11-19(12-8-18)14-15-4-3-13-23-15;3-2(4,5)1(6)7/h3-4,13,16H,1-2,5-12,14H2;(H,6,7). The van der Waals surface area contributed by atoms with Crippen molar-refractivity contribution in [2.45, 2.75) is 63.0 Å². The van der Waals surface area contributed by atoms with Crippen LogP contribution < -0.4 is 0 Å². The molecule has 10 heteroatoms. The van der Waals surface area contributed by atoms with Crippen LogP contribution in [0.25, 0.3) is 0 Å². The molecule has 1 aromatic heterocycles. The topological polar surface area (TPSA) is 70.1 Å². The molecule has 0 aliphatic carbocycles. The van der Waals surface area contributed by atoms with E-state index in [9.17, 15) is 18.0 Å². The first-order valence-corrected chi connectivity index (χ1v) is 11.1. The van der Waals surface area contributed by atoms with E-state index in [1.807, 2.05) is 16.2 Å². The predicted molar refractivity (Wildman–Crippen MR) is 105 cm³/mol. The summed E-state index contributed by atoms with van der Waals surface area (Å²) >= 11 is 1.84. The molecule has 6 nitrogen and oxygen atoms in total. The highest BCUT2D eigenvalue weighted by Crippen LogP contribution is 2.40. The zero-order valence-corrected chi connectivity index (χ0v) is 17.5. The molecule has 1 N–H and O–H groups in total. The Bertz CT molecular complexity index is 712. The highest BCUT2D eigenvalue weighted by molar-refractivity contribution is 7.09. The Morgan fingerprint density at radius 1 is 1.17 bits per heavy atom. The number of amides is 1. The lowest BCUT2D eigenvalue weighted by molar-refractivity contribution is -0.192. The van der Waals surface area contributed by atoms with Gasteiger partial charge in [-0.15, -0.1) is 11.3 Å². The zero-order valence-electron chi connectivity index (χ0n) is 16.7. The minimum Gasteiger partial charge on any atom is -0.475 e. The average molecular weight is 449 g/mol. The van der Waals surface area contributed by atoms with Crippen LogP contribution in [-0.2, 0) is 20.9 Å². The molecule has 4 heterocycles. The fourth-order valence-corrected chi connectivity index (χ4v) is 4.98. The molecule has 3 aliphatic heterocycles. The number of ether oxygens (including phenoxy) is 1. The van der Waals surface area contributed by atoms with E-state index < -0.39 is 12.1 Å². The molecular weight excluding hydrogens is 421 g/mol. The Hall–Kier alpha value is -1.65. The van der Waals surface area contributed by atoms with Gasteiger partial charge in [-0.05, 0) is 50.0 Å². The number of carboxylic acid groups (broad SMARTS) is 1. The number of rotatable bonds is 3. The largest absolute Gasteiger partial charge is 0.490 e. The Morgan fingerprint density at radius 3 is 2.33 bits per heavy atom. The number of aliphatic carboxylic acids is 1. The van der Waals surface area contributed by atoms with Crippen LogP contribution in [0.3, 0.4) is 0 Å². The number of halogens is 3. The number of alkyl halides is 3. The Morgan fingerprint density at radius 2 is 1.80 bits per heavy atom. The van der Waals surface area contributed by atoms with E-state index in [-0.39, 0.29) is 17.6 Å². The van der Waals surface area contributed by atoms with Crippen molar-refractivity contribution in [3.8, 4) is 0 Å². The Labute approximate surface area is 177 Å². The second-order valence-corrected chi connectivity index (χ2v) is 9.05. The zero-order chi connectivity index (χ0) is 21.8. The summed E-state index contributed by atoms with van der Waals surface area (Å²) < 4.78 is 38.1. The molecule has 1 atom stereocenters. The molecule has 0 bridgehead atoms. The minimum atomic E-state index is -5.08. The van der Waals surface area contributed by atoms with E-state index >= 15 is 0 Å². The number of hydrogen-bond acceptors (Lipinski definition) is 5. The summed E-state index contributed by atoms with van der Waals surface area (Å²) in [5, 5.41) is 9.27. The number of carboxylic acids is 1. The molecule has 0 saturated carbocycles. The maximum Gasteiger partial charge on any atom is 0.490 e. The van der Waals surface area contributed by atoms with E-state index in [1.165, 1.54) is 4.88 Å². The summed E-state index contributed by atoms with van der Waals surface area (Å²) in [6, 6.07) is 4.34. The quantitative estimate of drug-likeness (QED) is 0.766. The van der Waals surface area contributed by atoms with E-state index in [2.05, 4.69) is 22.4 Å². The molecule has 4 rings (SSSR count). The van der Waals surface area contributed by atoms with Crippen LogP contribution in [-0.4, -0.2) is 70.8 Å². The van der Waals surface area contributed by atoms with Gasteiger partial charge in [-0.1, -0.05) is 6.07 Å². The van der Waals surface area contributed by atoms with Gasteiger partial charge in [-0.25, -0.2) is 4.79 Å². The molecule has 3 saturated heterocycles. The fourth-order valence-electron chi connectivity index (χ4n) is 4.24. The SMILES string of the molecule is O=C(C1CCC2(CCN(Cc3cccs3)CC2)O1)N1CCCC1.O=C(O)C(F)(F)F.